The lowest BCUT2D eigenvalue weighted by Crippen LogP contribution is -2.13. The highest BCUT2D eigenvalue weighted by atomic mass is 79.9. The Bertz CT molecular complexity index is 716. The van der Waals surface area contributed by atoms with E-state index in [1.165, 1.54) is 12.1 Å². The normalized spacial score (nSPS) is 11.3. The van der Waals surface area contributed by atoms with Crippen LogP contribution in [0, 0.1) is 0 Å². The minimum absolute atomic E-state index is 0.196. The highest BCUT2D eigenvalue weighted by molar-refractivity contribution is 9.11. The molecule has 0 aliphatic carbocycles. The summed E-state index contributed by atoms with van der Waals surface area (Å²) in [7, 11) is -3.62. The molecule has 0 bridgehead atoms. The van der Waals surface area contributed by atoms with Gasteiger partial charge in [0.15, 0.2) is 0 Å². The molecule has 0 amide bonds. The Kier molecular flexibility index (Phi) is 4.85. The van der Waals surface area contributed by atoms with Gasteiger partial charge in [0.1, 0.15) is 0 Å². The number of benzene rings is 2. The molecule has 0 aliphatic rings. The number of halogens is 2. The van der Waals surface area contributed by atoms with Gasteiger partial charge in [-0.25, -0.2) is 8.42 Å². The van der Waals surface area contributed by atoms with Crippen molar-refractivity contribution < 1.29 is 8.42 Å². The van der Waals surface area contributed by atoms with Gasteiger partial charge in [0.2, 0.25) is 0 Å². The van der Waals surface area contributed by atoms with Crippen molar-refractivity contribution in [3.8, 4) is 0 Å². The number of hydrogen-bond acceptors (Lipinski definition) is 3. The Morgan fingerprint density at radius 1 is 1.05 bits per heavy atom. The van der Waals surface area contributed by atoms with E-state index in [9.17, 15) is 8.42 Å². The zero-order chi connectivity index (χ0) is 14.8. The van der Waals surface area contributed by atoms with E-state index in [1.54, 1.807) is 24.3 Å². The molecular formula is C13H12Br2N2O2S. The second kappa shape index (κ2) is 6.26. The molecule has 0 saturated carbocycles. The van der Waals surface area contributed by atoms with Gasteiger partial charge in [0, 0.05) is 15.5 Å². The first-order valence-corrected chi connectivity index (χ1v) is 8.76. The summed E-state index contributed by atoms with van der Waals surface area (Å²) in [5.74, 6) is 0. The van der Waals surface area contributed by atoms with Crippen molar-refractivity contribution in [2.45, 2.75) is 11.4 Å². The van der Waals surface area contributed by atoms with Crippen LogP contribution in [-0.4, -0.2) is 8.42 Å². The molecule has 7 heteroatoms. The SMILES string of the molecule is NCc1ccc(S(=O)(=O)Nc2cc(Br)ccc2Br)cc1. The third-order valence-corrected chi connectivity index (χ3v) is 5.21. The van der Waals surface area contributed by atoms with Gasteiger partial charge in [-0.1, -0.05) is 28.1 Å². The summed E-state index contributed by atoms with van der Waals surface area (Å²) in [5, 5.41) is 0. The maximum absolute atomic E-state index is 12.3. The zero-order valence-corrected chi connectivity index (χ0v) is 14.3. The van der Waals surface area contributed by atoms with E-state index in [2.05, 4.69) is 36.6 Å². The van der Waals surface area contributed by atoms with Gasteiger partial charge in [0.25, 0.3) is 10.0 Å². The molecule has 0 radical (unpaired) electrons. The van der Waals surface area contributed by atoms with Crippen molar-refractivity contribution >= 4 is 47.6 Å². The average molecular weight is 420 g/mol. The average Bonchev–Trinajstić information content (AvgIpc) is 2.43. The molecule has 0 fully saturated rings. The maximum Gasteiger partial charge on any atom is 0.261 e. The predicted octanol–water partition coefficient (Wildman–Crippen LogP) is 3.47. The molecule has 0 heterocycles. The highest BCUT2D eigenvalue weighted by Gasteiger charge is 2.15. The lowest BCUT2D eigenvalue weighted by Gasteiger charge is -2.10. The molecule has 0 atom stereocenters. The molecule has 2 aromatic carbocycles. The van der Waals surface area contributed by atoms with Crippen molar-refractivity contribution in [1.29, 1.82) is 0 Å². The van der Waals surface area contributed by atoms with Crippen molar-refractivity contribution in [3.05, 3.63) is 57.0 Å². The molecule has 2 rings (SSSR count). The molecule has 0 unspecified atom stereocenters. The first-order chi connectivity index (χ1) is 9.42. The standard InChI is InChI=1S/C13H12Br2N2O2S/c14-10-3-6-12(15)13(7-10)17-20(18,19)11-4-1-9(8-16)2-5-11/h1-7,17H,8,16H2. The van der Waals surface area contributed by atoms with E-state index in [0.717, 1.165) is 10.0 Å². The van der Waals surface area contributed by atoms with E-state index in [1.807, 2.05) is 6.07 Å². The molecule has 2 aromatic rings. The summed E-state index contributed by atoms with van der Waals surface area (Å²) in [6, 6.07) is 11.7. The van der Waals surface area contributed by atoms with Gasteiger partial charge < -0.3 is 5.73 Å². The summed E-state index contributed by atoms with van der Waals surface area (Å²) >= 11 is 6.62. The summed E-state index contributed by atoms with van der Waals surface area (Å²) < 4.78 is 28.6. The Labute approximate surface area is 134 Å². The smallest absolute Gasteiger partial charge is 0.261 e. The summed E-state index contributed by atoms with van der Waals surface area (Å²) in [6.45, 7) is 0.380. The predicted molar refractivity (Wildman–Crippen MR) is 87.0 cm³/mol. The van der Waals surface area contributed by atoms with Crippen LogP contribution in [-0.2, 0) is 16.6 Å². The Morgan fingerprint density at radius 3 is 2.30 bits per heavy atom. The quantitative estimate of drug-likeness (QED) is 0.796. The first-order valence-electron chi connectivity index (χ1n) is 5.69. The third kappa shape index (κ3) is 3.60. The minimum Gasteiger partial charge on any atom is -0.326 e. The number of anilines is 1. The number of sulfonamides is 1. The van der Waals surface area contributed by atoms with Crippen molar-refractivity contribution in [1.82, 2.24) is 0 Å². The van der Waals surface area contributed by atoms with Crippen molar-refractivity contribution in [2.24, 2.45) is 5.73 Å². The molecule has 0 spiro atoms. The Balaban J connectivity index is 2.32. The fourth-order valence-corrected chi connectivity index (χ4v) is 3.49. The van der Waals surface area contributed by atoms with E-state index < -0.39 is 10.0 Å². The van der Waals surface area contributed by atoms with E-state index >= 15 is 0 Å². The van der Waals surface area contributed by atoms with Crippen LogP contribution < -0.4 is 10.5 Å². The van der Waals surface area contributed by atoms with Crippen LogP contribution in [0.15, 0.2) is 56.3 Å². The topological polar surface area (TPSA) is 72.2 Å². The number of hydrogen-bond donors (Lipinski definition) is 2. The number of nitrogens with one attached hydrogen (secondary N) is 1. The highest BCUT2D eigenvalue weighted by Crippen LogP contribution is 2.28. The number of nitrogens with two attached hydrogens (primary N) is 1. The molecule has 0 aromatic heterocycles. The van der Waals surface area contributed by atoms with Gasteiger partial charge in [0.05, 0.1) is 10.6 Å². The van der Waals surface area contributed by atoms with Gasteiger partial charge in [-0.2, -0.15) is 0 Å². The van der Waals surface area contributed by atoms with Crippen LogP contribution in [0.4, 0.5) is 5.69 Å². The molecule has 0 saturated heterocycles. The Morgan fingerprint density at radius 2 is 1.70 bits per heavy atom. The fourth-order valence-electron chi connectivity index (χ4n) is 1.58. The first kappa shape index (κ1) is 15.5. The molecule has 0 aliphatic heterocycles. The summed E-state index contributed by atoms with van der Waals surface area (Å²) in [6.07, 6.45) is 0. The number of rotatable bonds is 4. The lowest BCUT2D eigenvalue weighted by atomic mass is 10.2. The summed E-state index contributed by atoms with van der Waals surface area (Å²) in [4.78, 5) is 0.196. The van der Waals surface area contributed by atoms with Crippen LogP contribution in [0.25, 0.3) is 0 Å². The van der Waals surface area contributed by atoms with Crippen LogP contribution in [0.1, 0.15) is 5.56 Å². The largest absolute Gasteiger partial charge is 0.326 e. The van der Waals surface area contributed by atoms with E-state index in [4.69, 9.17) is 5.73 Å². The molecule has 106 valence electrons. The van der Waals surface area contributed by atoms with E-state index in [0.29, 0.717) is 16.7 Å². The van der Waals surface area contributed by atoms with E-state index in [-0.39, 0.29) is 4.90 Å². The molecule has 3 N–H and O–H groups in total. The van der Waals surface area contributed by atoms with Crippen LogP contribution in [0.5, 0.6) is 0 Å². The Hall–Kier alpha value is -0.890. The zero-order valence-electron chi connectivity index (χ0n) is 10.3. The van der Waals surface area contributed by atoms with Crippen LogP contribution >= 0.6 is 31.9 Å². The fraction of sp³-hybridized carbons (Fsp3) is 0.0769. The van der Waals surface area contributed by atoms with Gasteiger partial charge in [-0.15, -0.1) is 0 Å². The molecule has 20 heavy (non-hydrogen) atoms. The van der Waals surface area contributed by atoms with Gasteiger partial charge >= 0.3 is 0 Å². The van der Waals surface area contributed by atoms with Crippen molar-refractivity contribution in [2.75, 3.05) is 4.72 Å². The van der Waals surface area contributed by atoms with Gasteiger partial charge in [-0.05, 0) is 51.8 Å². The molecular weight excluding hydrogens is 408 g/mol. The van der Waals surface area contributed by atoms with Crippen LogP contribution in [0.2, 0.25) is 0 Å². The molecule has 4 nitrogen and oxygen atoms in total. The minimum atomic E-state index is -3.62. The second-order valence-corrected chi connectivity index (χ2v) is 7.53. The van der Waals surface area contributed by atoms with Crippen LogP contribution in [0.3, 0.4) is 0 Å². The monoisotopic (exact) mass is 418 g/mol. The third-order valence-electron chi connectivity index (χ3n) is 2.64. The lowest BCUT2D eigenvalue weighted by molar-refractivity contribution is 0.601. The van der Waals surface area contributed by atoms with Crippen molar-refractivity contribution in [3.63, 3.8) is 0 Å². The summed E-state index contributed by atoms with van der Waals surface area (Å²) in [5.41, 5.74) is 6.85. The second-order valence-electron chi connectivity index (χ2n) is 4.08. The van der Waals surface area contributed by atoms with Gasteiger partial charge in [-0.3, -0.25) is 4.72 Å². The maximum atomic E-state index is 12.3.